The van der Waals surface area contributed by atoms with E-state index in [1.807, 2.05) is 56.3 Å². The molecule has 2 heterocycles. The Morgan fingerprint density at radius 3 is 2.81 bits per heavy atom. The van der Waals surface area contributed by atoms with Crippen molar-refractivity contribution in [2.24, 2.45) is 5.41 Å². The summed E-state index contributed by atoms with van der Waals surface area (Å²) in [6, 6.07) is 9.97. The predicted octanol–water partition coefficient (Wildman–Crippen LogP) is 3.87. The SMILES string of the molecule is Cc1cnc(C)c(N2CCC[C@](C/C=C/c3ccccc3)(C(=O)O)C2)n1. The lowest BCUT2D eigenvalue weighted by Gasteiger charge is -2.40. The largest absolute Gasteiger partial charge is 0.481 e. The van der Waals surface area contributed by atoms with Gasteiger partial charge in [0.15, 0.2) is 0 Å². The number of piperidine rings is 1. The van der Waals surface area contributed by atoms with Crippen LogP contribution >= 0.6 is 0 Å². The Morgan fingerprint density at radius 1 is 1.31 bits per heavy atom. The lowest BCUT2D eigenvalue weighted by molar-refractivity contribution is -0.149. The normalized spacial score (nSPS) is 20.5. The molecule has 0 amide bonds. The minimum Gasteiger partial charge on any atom is -0.481 e. The Hall–Kier alpha value is -2.69. The summed E-state index contributed by atoms with van der Waals surface area (Å²) in [5.74, 6) is 0.0699. The second-order valence-electron chi connectivity index (χ2n) is 7.05. The summed E-state index contributed by atoms with van der Waals surface area (Å²) in [5, 5.41) is 9.98. The molecule has 0 aliphatic carbocycles. The molecule has 0 unspecified atom stereocenters. The molecular formula is C21H25N3O2. The van der Waals surface area contributed by atoms with Gasteiger partial charge in [0.2, 0.25) is 0 Å². The number of carboxylic acid groups (broad SMARTS) is 1. The number of nitrogens with zero attached hydrogens (tertiary/aromatic N) is 3. The van der Waals surface area contributed by atoms with Crippen LogP contribution in [0.4, 0.5) is 5.82 Å². The summed E-state index contributed by atoms with van der Waals surface area (Å²) in [7, 11) is 0. The Morgan fingerprint density at radius 2 is 2.08 bits per heavy atom. The van der Waals surface area contributed by atoms with E-state index in [0.717, 1.165) is 35.7 Å². The fourth-order valence-electron chi connectivity index (χ4n) is 3.55. The minimum absolute atomic E-state index is 0.459. The molecule has 0 radical (unpaired) electrons. The highest BCUT2D eigenvalue weighted by atomic mass is 16.4. The van der Waals surface area contributed by atoms with Gasteiger partial charge >= 0.3 is 5.97 Å². The maximum absolute atomic E-state index is 12.2. The molecule has 1 N–H and O–H groups in total. The topological polar surface area (TPSA) is 66.3 Å². The maximum atomic E-state index is 12.2. The Kier molecular flexibility index (Phi) is 5.35. The molecule has 1 aromatic heterocycles. The van der Waals surface area contributed by atoms with E-state index < -0.39 is 11.4 Å². The van der Waals surface area contributed by atoms with Crippen LogP contribution in [0, 0.1) is 19.3 Å². The van der Waals surface area contributed by atoms with E-state index in [9.17, 15) is 9.90 Å². The van der Waals surface area contributed by atoms with Gasteiger partial charge in [-0.15, -0.1) is 0 Å². The van der Waals surface area contributed by atoms with E-state index in [2.05, 4.69) is 14.9 Å². The quantitative estimate of drug-likeness (QED) is 0.886. The molecule has 5 nitrogen and oxygen atoms in total. The summed E-state index contributed by atoms with van der Waals surface area (Å²) < 4.78 is 0. The molecule has 1 atom stereocenters. The van der Waals surface area contributed by atoms with Gasteiger partial charge < -0.3 is 10.0 Å². The Labute approximate surface area is 154 Å². The number of hydrogen-bond acceptors (Lipinski definition) is 4. The lowest BCUT2D eigenvalue weighted by Crippen LogP contribution is -2.48. The van der Waals surface area contributed by atoms with E-state index >= 15 is 0 Å². The van der Waals surface area contributed by atoms with E-state index in [1.165, 1.54) is 0 Å². The van der Waals surface area contributed by atoms with Crippen LogP contribution in [-0.4, -0.2) is 34.1 Å². The van der Waals surface area contributed by atoms with Crippen molar-refractivity contribution in [2.75, 3.05) is 18.0 Å². The zero-order valence-electron chi connectivity index (χ0n) is 15.4. The van der Waals surface area contributed by atoms with E-state index in [0.29, 0.717) is 19.4 Å². The van der Waals surface area contributed by atoms with Gasteiger partial charge in [-0.1, -0.05) is 42.5 Å². The van der Waals surface area contributed by atoms with Crippen LogP contribution in [0.25, 0.3) is 6.08 Å². The number of allylic oxidation sites excluding steroid dienone is 1. The number of carbonyl (C=O) groups is 1. The fourth-order valence-corrected chi connectivity index (χ4v) is 3.55. The third kappa shape index (κ3) is 3.93. The van der Waals surface area contributed by atoms with Gasteiger partial charge in [-0.3, -0.25) is 9.78 Å². The monoisotopic (exact) mass is 351 g/mol. The molecule has 1 fully saturated rings. The molecule has 0 spiro atoms. The first-order valence-corrected chi connectivity index (χ1v) is 9.00. The molecule has 136 valence electrons. The summed E-state index contributed by atoms with van der Waals surface area (Å²) in [6.07, 6.45) is 7.75. The fraction of sp³-hybridized carbons (Fsp3) is 0.381. The number of rotatable bonds is 5. The van der Waals surface area contributed by atoms with Crippen LogP contribution in [0.2, 0.25) is 0 Å². The molecule has 26 heavy (non-hydrogen) atoms. The summed E-state index contributed by atoms with van der Waals surface area (Å²) in [4.78, 5) is 23.2. The number of benzene rings is 1. The number of hydrogen-bond donors (Lipinski definition) is 1. The van der Waals surface area contributed by atoms with Gasteiger partial charge in [-0.25, -0.2) is 4.98 Å². The molecule has 1 aliphatic rings. The molecule has 1 aliphatic heterocycles. The minimum atomic E-state index is -0.790. The van der Waals surface area contributed by atoms with Crippen LogP contribution in [0.15, 0.2) is 42.6 Å². The molecule has 1 saturated heterocycles. The molecule has 0 bridgehead atoms. The van der Waals surface area contributed by atoms with Crippen LogP contribution in [0.5, 0.6) is 0 Å². The van der Waals surface area contributed by atoms with Crippen molar-refractivity contribution in [2.45, 2.75) is 33.1 Å². The second kappa shape index (κ2) is 7.68. The highest BCUT2D eigenvalue weighted by molar-refractivity contribution is 5.76. The van der Waals surface area contributed by atoms with Crippen molar-refractivity contribution < 1.29 is 9.90 Å². The van der Waals surface area contributed by atoms with Crippen molar-refractivity contribution in [3.8, 4) is 0 Å². The standard InChI is InChI=1S/C21H25N3O2/c1-16-14-22-17(2)19(23-16)24-13-7-12-21(15-24,20(25)26)11-6-10-18-8-4-3-5-9-18/h3-6,8-10,14H,7,11-13,15H2,1-2H3,(H,25,26)/b10-6+/t21-/m0/s1. The Balaban J connectivity index is 1.81. The number of carboxylic acids is 1. The van der Waals surface area contributed by atoms with Gasteiger partial charge in [0, 0.05) is 19.3 Å². The molecule has 0 saturated carbocycles. The highest BCUT2D eigenvalue weighted by Crippen LogP contribution is 2.36. The zero-order chi connectivity index (χ0) is 18.6. The summed E-state index contributed by atoms with van der Waals surface area (Å²) >= 11 is 0. The second-order valence-corrected chi connectivity index (χ2v) is 7.05. The van der Waals surface area contributed by atoms with Gasteiger partial charge in [0.25, 0.3) is 0 Å². The molecular weight excluding hydrogens is 326 g/mol. The summed E-state index contributed by atoms with van der Waals surface area (Å²) in [5.41, 5.74) is 1.99. The van der Waals surface area contributed by atoms with Crippen molar-refractivity contribution in [3.05, 3.63) is 59.6 Å². The molecule has 2 aromatic rings. The van der Waals surface area contributed by atoms with E-state index in [-0.39, 0.29) is 0 Å². The number of aryl methyl sites for hydroxylation is 2. The zero-order valence-corrected chi connectivity index (χ0v) is 15.4. The smallest absolute Gasteiger partial charge is 0.311 e. The van der Waals surface area contributed by atoms with E-state index in [4.69, 9.17) is 0 Å². The van der Waals surface area contributed by atoms with Gasteiger partial charge in [-0.05, 0) is 38.7 Å². The number of aromatic nitrogens is 2. The summed E-state index contributed by atoms with van der Waals surface area (Å²) in [6.45, 7) is 5.11. The predicted molar refractivity (Wildman–Crippen MR) is 103 cm³/mol. The van der Waals surface area contributed by atoms with Crippen molar-refractivity contribution in [1.82, 2.24) is 9.97 Å². The van der Waals surface area contributed by atoms with Crippen LogP contribution in [0.1, 0.15) is 36.2 Å². The first-order chi connectivity index (χ1) is 12.5. The van der Waals surface area contributed by atoms with Crippen molar-refractivity contribution in [1.29, 1.82) is 0 Å². The third-order valence-corrected chi connectivity index (χ3v) is 5.00. The van der Waals surface area contributed by atoms with Gasteiger partial charge in [0.1, 0.15) is 5.82 Å². The van der Waals surface area contributed by atoms with Crippen LogP contribution < -0.4 is 4.90 Å². The molecule has 1 aromatic carbocycles. The average molecular weight is 351 g/mol. The maximum Gasteiger partial charge on any atom is 0.311 e. The number of anilines is 1. The van der Waals surface area contributed by atoms with Crippen molar-refractivity contribution in [3.63, 3.8) is 0 Å². The van der Waals surface area contributed by atoms with Gasteiger partial charge in [0.05, 0.1) is 16.8 Å². The van der Waals surface area contributed by atoms with Crippen LogP contribution in [0.3, 0.4) is 0 Å². The molecule has 3 rings (SSSR count). The van der Waals surface area contributed by atoms with Gasteiger partial charge in [-0.2, -0.15) is 0 Å². The average Bonchev–Trinajstić information content (AvgIpc) is 2.65. The highest BCUT2D eigenvalue weighted by Gasteiger charge is 2.42. The lowest BCUT2D eigenvalue weighted by atomic mass is 9.77. The molecule has 5 heteroatoms. The van der Waals surface area contributed by atoms with Crippen LogP contribution in [-0.2, 0) is 4.79 Å². The van der Waals surface area contributed by atoms with Crippen molar-refractivity contribution >= 4 is 17.9 Å². The first-order valence-electron chi connectivity index (χ1n) is 9.00. The van der Waals surface area contributed by atoms with E-state index in [1.54, 1.807) is 6.20 Å². The number of aliphatic carboxylic acids is 1. The third-order valence-electron chi connectivity index (χ3n) is 5.00. The first kappa shape index (κ1) is 18.1. The Bertz CT molecular complexity index is 804.